The molecule has 4 atom stereocenters. The van der Waals surface area contributed by atoms with Crippen LogP contribution in [0.2, 0.25) is 0 Å². The van der Waals surface area contributed by atoms with E-state index >= 15 is 0 Å². The van der Waals surface area contributed by atoms with Crippen LogP contribution in [-0.4, -0.2) is 24.0 Å². The van der Waals surface area contributed by atoms with Gasteiger partial charge in [-0.2, -0.15) is 0 Å². The third-order valence-electron chi connectivity index (χ3n) is 5.85. The van der Waals surface area contributed by atoms with E-state index in [-0.39, 0.29) is 17.4 Å². The highest BCUT2D eigenvalue weighted by molar-refractivity contribution is 6.03. The molecule has 0 aromatic heterocycles. The van der Waals surface area contributed by atoms with Gasteiger partial charge in [0.2, 0.25) is 5.91 Å². The molecule has 4 rings (SSSR count). The number of para-hydroxylation sites is 1. The lowest BCUT2D eigenvalue weighted by atomic mass is 10.0. The number of carboxylic acids is 1. The summed E-state index contributed by atoms with van der Waals surface area (Å²) < 4.78 is 0. The van der Waals surface area contributed by atoms with Gasteiger partial charge in [-0.3, -0.25) is 4.79 Å². The standard InChI is InChI=1S/C17H19NO3/c1-18(12-5-3-2-4-11(12)17(20)21)16(19)15-13-9-6-7-10(8-9)14(13)15/h2-5,9-10,13-15H,6-8H2,1H3,(H,20,21). The van der Waals surface area contributed by atoms with Gasteiger partial charge in [0.05, 0.1) is 11.3 Å². The summed E-state index contributed by atoms with van der Waals surface area (Å²) in [7, 11) is 1.71. The fourth-order valence-electron chi connectivity index (χ4n) is 4.94. The van der Waals surface area contributed by atoms with E-state index in [9.17, 15) is 14.7 Å². The van der Waals surface area contributed by atoms with Gasteiger partial charge in [0.15, 0.2) is 0 Å². The Morgan fingerprint density at radius 2 is 1.76 bits per heavy atom. The number of nitrogens with zero attached hydrogens (tertiary/aromatic N) is 1. The van der Waals surface area contributed by atoms with Crippen LogP contribution in [-0.2, 0) is 4.79 Å². The van der Waals surface area contributed by atoms with Crippen molar-refractivity contribution in [1.29, 1.82) is 0 Å². The molecule has 0 aliphatic heterocycles. The van der Waals surface area contributed by atoms with Crippen LogP contribution in [0.5, 0.6) is 0 Å². The van der Waals surface area contributed by atoms with E-state index in [4.69, 9.17) is 0 Å². The van der Waals surface area contributed by atoms with Gasteiger partial charge in [-0.15, -0.1) is 0 Å². The van der Waals surface area contributed by atoms with Crippen LogP contribution < -0.4 is 4.90 Å². The molecule has 4 unspecified atom stereocenters. The zero-order valence-electron chi connectivity index (χ0n) is 12.0. The Kier molecular flexibility index (Phi) is 2.65. The Morgan fingerprint density at radius 3 is 2.38 bits per heavy atom. The first-order valence-corrected chi connectivity index (χ1v) is 7.69. The lowest BCUT2D eigenvalue weighted by Crippen LogP contribution is -2.31. The van der Waals surface area contributed by atoms with Crippen LogP contribution in [0, 0.1) is 29.6 Å². The number of aromatic carboxylic acids is 1. The molecule has 110 valence electrons. The van der Waals surface area contributed by atoms with Gasteiger partial charge < -0.3 is 10.0 Å². The van der Waals surface area contributed by atoms with Crippen molar-refractivity contribution in [2.45, 2.75) is 19.3 Å². The minimum absolute atomic E-state index is 0.107. The van der Waals surface area contributed by atoms with E-state index in [0.29, 0.717) is 17.5 Å². The monoisotopic (exact) mass is 285 g/mol. The second-order valence-corrected chi connectivity index (χ2v) is 6.73. The number of hydrogen-bond donors (Lipinski definition) is 1. The van der Waals surface area contributed by atoms with E-state index < -0.39 is 5.97 Å². The van der Waals surface area contributed by atoms with Crippen LogP contribution in [0.4, 0.5) is 5.69 Å². The maximum Gasteiger partial charge on any atom is 0.337 e. The summed E-state index contributed by atoms with van der Waals surface area (Å²) >= 11 is 0. The topological polar surface area (TPSA) is 57.6 Å². The fourth-order valence-corrected chi connectivity index (χ4v) is 4.94. The number of anilines is 1. The van der Waals surface area contributed by atoms with E-state index in [0.717, 1.165) is 11.8 Å². The van der Waals surface area contributed by atoms with E-state index in [1.54, 1.807) is 36.2 Å². The molecular weight excluding hydrogens is 266 g/mol. The van der Waals surface area contributed by atoms with Crippen molar-refractivity contribution < 1.29 is 14.7 Å². The smallest absolute Gasteiger partial charge is 0.337 e. The molecule has 0 spiro atoms. The molecule has 0 radical (unpaired) electrons. The summed E-state index contributed by atoms with van der Waals surface area (Å²) in [6.45, 7) is 0. The number of carbonyl (C=O) groups excluding carboxylic acids is 1. The van der Waals surface area contributed by atoms with Gasteiger partial charge >= 0.3 is 5.97 Å². The molecule has 3 saturated carbocycles. The van der Waals surface area contributed by atoms with Crippen molar-refractivity contribution >= 4 is 17.6 Å². The molecular formula is C17H19NO3. The summed E-state index contributed by atoms with van der Waals surface area (Å²) in [5, 5.41) is 9.27. The maximum atomic E-state index is 12.7. The van der Waals surface area contributed by atoms with E-state index in [1.165, 1.54) is 19.3 Å². The molecule has 1 aromatic carbocycles. The van der Waals surface area contributed by atoms with E-state index in [2.05, 4.69) is 0 Å². The predicted octanol–water partition coefficient (Wildman–Crippen LogP) is 2.64. The lowest BCUT2D eigenvalue weighted by molar-refractivity contribution is -0.120. The quantitative estimate of drug-likeness (QED) is 0.928. The fraction of sp³-hybridized carbons (Fsp3) is 0.529. The average Bonchev–Trinajstić information content (AvgIpc) is 2.92. The summed E-state index contributed by atoms with van der Waals surface area (Å²) in [5.41, 5.74) is 0.703. The molecule has 3 aliphatic carbocycles. The van der Waals surface area contributed by atoms with Gasteiger partial charge in [-0.05, 0) is 55.1 Å². The second-order valence-electron chi connectivity index (χ2n) is 6.73. The number of benzene rings is 1. The minimum atomic E-state index is -0.985. The number of carboxylic acid groups (broad SMARTS) is 1. The summed E-state index contributed by atoms with van der Waals surface area (Å²) in [6.07, 6.45) is 3.88. The Hall–Kier alpha value is -1.84. The van der Waals surface area contributed by atoms with E-state index in [1.807, 2.05) is 0 Å². The highest BCUT2D eigenvalue weighted by atomic mass is 16.4. The van der Waals surface area contributed by atoms with Crippen LogP contribution in [0.15, 0.2) is 24.3 Å². The Bertz CT molecular complexity index is 610. The van der Waals surface area contributed by atoms with Gasteiger partial charge in [0.1, 0.15) is 0 Å². The normalized spacial score (nSPS) is 35.4. The first-order chi connectivity index (χ1) is 10.1. The minimum Gasteiger partial charge on any atom is -0.478 e. The SMILES string of the molecule is CN(C(=O)C1C2C3CCC(C3)C12)c1ccccc1C(=O)O. The molecule has 3 fully saturated rings. The third-order valence-corrected chi connectivity index (χ3v) is 5.85. The van der Waals surface area contributed by atoms with Crippen LogP contribution >= 0.6 is 0 Å². The number of amides is 1. The lowest BCUT2D eigenvalue weighted by Gasteiger charge is -2.21. The number of fused-ring (bicyclic) bond motifs is 5. The van der Waals surface area contributed by atoms with Crippen molar-refractivity contribution in [3.63, 3.8) is 0 Å². The Balaban J connectivity index is 1.58. The zero-order valence-corrected chi connectivity index (χ0v) is 12.0. The predicted molar refractivity (Wildman–Crippen MR) is 78.1 cm³/mol. The van der Waals surface area contributed by atoms with Crippen LogP contribution in [0.25, 0.3) is 0 Å². The molecule has 1 aromatic rings. The van der Waals surface area contributed by atoms with Crippen LogP contribution in [0.1, 0.15) is 29.6 Å². The summed E-state index contributed by atoms with van der Waals surface area (Å²) in [4.78, 5) is 25.6. The van der Waals surface area contributed by atoms with Gasteiger partial charge in [-0.1, -0.05) is 12.1 Å². The van der Waals surface area contributed by atoms with Crippen LogP contribution in [0.3, 0.4) is 0 Å². The summed E-state index contributed by atoms with van der Waals surface area (Å²) in [5.74, 6) is 1.92. The summed E-state index contributed by atoms with van der Waals surface area (Å²) in [6, 6.07) is 6.74. The van der Waals surface area contributed by atoms with Gasteiger partial charge in [-0.25, -0.2) is 4.79 Å². The third kappa shape index (κ3) is 1.74. The molecule has 0 heterocycles. The molecule has 1 N–H and O–H groups in total. The first-order valence-electron chi connectivity index (χ1n) is 7.69. The Labute approximate surface area is 123 Å². The number of carbonyl (C=O) groups is 2. The first kappa shape index (κ1) is 12.9. The molecule has 4 nitrogen and oxygen atoms in total. The molecule has 0 saturated heterocycles. The van der Waals surface area contributed by atoms with Crippen molar-refractivity contribution in [2.75, 3.05) is 11.9 Å². The molecule has 1 amide bonds. The zero-order chi connectivity index (χ0) is 14.7. The molecule has 4 heteroatoms. The highest BCUT2D eigenvalue weighted by Crippen LogP contribution is 2.69. The van der Waals surface area contributed by atoms with Crippen molar-refractivity contribution in [2.24, 2.45) is 29.6 Å². The van der Waals surface area contributed by atoms with Crippen molar-refractivity contribution in [3.8, 4) is 0 Å². The molecule has 2 bridgehead atoms. The largest absolute Gasteiger partial charge is 0.478 e. The van der Waals surface area contributed by atoms with Gasteiger partial charge in [0.25, 0.3) is 0 Å². The van der Waals surface area contributed by atoms with Gasteiger partial charge in [0, 0.05) is 13.0 Å². The van der Waals surface area contributed by atoms with Crippen molar-refractivity contribution in [1.82, 2.24) is 0 Å². The Morgan fingerprint density at radius 1 is 1.14 bits per heavy atom. The average molecular weight is 285 g/mol. The number of hydrogen-bond acceptors (Lipinski definition) is 2. The highest BCUT2D eigenvalue weighted by Gasteiger charge is 2.67. The molecule has 21 heavy (non-hydrogen) atoms. The number of rotatable bonds is 3. The second kappa shape index (κ2) is 4.33. The molecule has 3 aliphatic rings. The maximum absolute atomic E-state index is 12.7. The van der Waals surface area contributed by atoms with Crippen molar-refractivity contribution in [3.05, 3.63) is 29.8 Å².